The number of hydrogen-bond acceptors (Lipinski definition) is 12. The second-order valence-corrected chi connectivity index (χ2v) is 13.9. The molecule has 0 unspecified atom stereocenters. The molecule has 12 nitrogen and oxygen atoms in total. The molecule has 0 atom stereocenters. The monoisotopic (exact) mass is 840 g/mol. The second-order valence-electron chi connectivity index (χ2n) is 13.9. The van der Waals surface area contributed by atoms with Crippen LogP contribution < -0.4 is 28.4 Å². The van der Waals surface area contributed by atoms with Crippen molar-refractivity contribution in [2.24, 2.45) is 0 Å². The fourth-order valence-corrected chi connectivity index (χ4v) is 6.27. The molecule has 312 valence electrons. The Labute approximate surface area is 361 Å². The van der Waals surface area contributed by atoms with Crippen molar-refractivity contribution in [2.75, 3.05) is 0 Å². The van der Waals surface area contributed by atoms with Gasteiger partial charge in [-0.1, -0.05) is 72.8 Å². The smallest absolute Gasteiger partial charge is 0.343 e. The molecular weight excluding hydrogens is 805 g/mol. The largest absolute Gasteiger partial charge is 0.427 e. The Bertz CT molecular complexity index is 2490. The van der Waals surface area contributed by atoms with Crippen LogP contribution in [0.15, 0.2) is 164 Å². The number of carbonyl (C=O) groups excluding carboxylic acids is 6. The third-order valence-corrected chi connectivity index (χ3v) is 9.18. The SMILES string of the molecule is CC(=O)Oc1ccc(-c2ccc(OC(=O)c3cc(C(=O)Oc4ccc(-c5ccc(OC(C)=O)cc5)cc4)cc(C(=O)Oc4ccc(-c5ccc(OC(C)=O)cc5)cc4)c3)cc2)cc1. The average Bonchev–Trinajstić information content (AvgIpc) is 3.27. The Kier molecular flexibility index (Phi) is 12.9. The summed E-state index contributed by atoms with van der Waals surface area (Å²) in [4.78, 5) is 74.7. The van der Waals surface area contributed by atoms with Crippen LogP contribution in [0.4, 0.5) is 0 Å². The minimum absolute atomic E-state index is 0.123. The third-order valence-electron chi connectivity index (χ3n) is 9.18. The molecule has 7 rings (SSSR count). The Balaban J connectivity index is 1.10. The second kappa shape index (κ2) is 19.2. The zero-order valence-electron chi connectivity index (χ0n) is 34.0. The van der Waals surface area contributed by atoms with Crippen LogP contribution in [0.2, 0.25) is 0 Å². The van der Waals surface area contributed by atoms with Gasteiger partial charge in [-0.15, -0.1) is 0 Å². The maximum Gasteiger partial charge on any atom is 0.343 e. The summed E-state index contributed by atoms with van der Waals surface area (Å²) in [5, 5.41) is 0. The Hall–Kier alpha value is -8.64. The zero-order chi connectivity index (χ0) is 44.5. The lowest BCUT2D eigenvalue weighted by Gasteiger charge is -2.11. The molecule has 0 spiro atoms. The molecule has 0 fully saturated rings. The first-order valence-electron chi connectivity index (χ1n) is 19.3. The van der Waals surface area contributed by atoms with E-state index in [2.05, 4.69) is 0 Å². The van der Waals surface area contributed by atoms with Crippen molar-refractivity contribution >= 4 is 35.8 Å². The first kappa shape index (κ1) is 42.5. The van der Waals surface area contributed by atoms with Crippen molar-refractivity contribution in [3.05, 3.63) is 180 Å². The summed E-state index contributed by atoms with van der Waals surface area (Å²) in [5.74, 6) is -2.05. The molecule has 63 heavy (non-hydrogen) atoms. The molecule has 0 heterocycles. The molecule has 0 radical (unpaired) electrons. The minimum Gasteiger partial charge on any atom is -0.427 e. The molecule has 0 saturated carbocycles. The summed E-state index contributed by atoms with van der Waals surface area (Å²) >= 11 is 0. The maximum absolute atomic E-state index is 13.6. The quantitative estimate of drug-likeness (QED) is 0.0848. The van der Waals surface area contributed by atoms with Crippen LogP contribution in [-0.4, -0.2) is 35.8 Å². The van der Waals surface area contributed by atoms with Crippen LogP contribution in [0, 0.1) is 0 Å². The predicted molar refractivity (Wildman–Crippen MR) is 231 cm³/mol. The summed E-state index contributed by atoms with van der Waals surface area (Å²) in [7, 11) is 0. The van der Waals surface area contributed by atoms with Crippen LogP contribution in [0.1, 0.15) is 51.8 Å². The van der Waals surface area contributed by atoms with Gasteiger partial charge in [-0.25, -0.2) is 14.4 Å². The van der Waals surface area contributed by atoms with Crippen LogP contribution in [0.25, 0.3) is 33.4 Å². The van der Waals surface area contributed by atoms with Gasteiger partial charge >= 0.3 is 35.8 Å². The van der Waals surface area contributed by atoms with E-state index in [-0.39, 0.29) is 33.9 Å². The summed E-state index contributed by atoms with van der Waals surface area (Å²) in [6.45, 7) is 3.96. The van der Waals surface area contributed by atoms with Gasteiger partial charge in [-0.3, -0.25) is 14.4 Å². The molecule has 7 aromatic rings. The minimum atomic E-state index is -0.856. The lowest BCUT2D eigenvalue weighted by Crippen LogP contribution is -2.16. The van der Waals surface area contributed by atoms with Gasteiger partial charge in [0, 0.05) is 20.8 Å². The summed E-state index contributed by atoms with van der Waals surface area (Å²) in [6.07, 6.45) is 0. The summed E-state index contributed by atoms with van der Waals surface area (Å²) in [6, 6.07) is 44.5. The molecule has 0 amide bonds. The van der Waals surface area contributed by atoms with E-state index in [1.165, 1.54) is 39.0 Å². The van der Waals surface area contributed by atoms with Crippen molar-refractivity contribution in [1.29, 1.82) is 0 Å². The molecular formula is C51H36O12. The first-order chi connectivity index (χ1) is 30.3. The van der Waals surface area contributed by atoms with Crippen molar-refractivity contribution in [3.63, 3.8) is 0 Å². The summed E-state index contributed by atoms with van der Waals surface area (Å²) in [5.41, 5.74) is 4.51. The van der Waals surface area contributed by atoms with Gasteiger partial charge in [0.15, 0.2) is 0 Å². The van der Waals surface area contributed by atoms with E-state index in [0.717, 1.165) is 33.4 Å². The fraction of sp³-hybridized carbons (Fsp3) is 0.0588. The Morgan fingerprint density at radius 1 is 0.254 bits per heavy atom. The molecule has 0 N–H and O–H groups in total. The molecule has 0 aliphatic rings. The fourth-order valence-electron chi connectivity index (χ4n) is 6.27. The maximum atomic E-state index is 13.6. The van der Waals surface area contributed by atoms with E-state index in [1.807, 2.05) is 0 Å². The van der Waals surface area contributed by atoms with E-state index < -0.39 is 35.8 Å². The number of esters is 6. The number of hydrogen-bond donors (Lipinski definition) is 0. The van der Waals surface area contributed by atoms with Crippen molar-refractivity contribution in [1.82, 2.24) is 0 Å². The lowest BCUT2D eigenvalue weighted by molar-refractivity contribution is -0.132. The topological polar surface area (TPSA) is 158 Å². The summed E-state index contributed by atoms with van der Waals surface area (Å²) < 4.78 is 32.3. The van der Waals surface area contributed by atoms with E-state index in [9.17, 15) is 28.8 Å². The van der Waals surface area contributed by atoms with Crippen molar-refractivity contribution in [2.45, 2.75) is 20.8 Å². The van der Waals surface area contributed by atoms with Gasteiger partial charge in [-0.2, -0.15) is 0 Å². The highest BCUT2D eigenvalue weighted by Crippen LogP contribution is 2.29. The van der Waals surface area contributed by atoms with Gasteiger partial charge in [0.25, 0.3) is 0 Å². The normalized spacial score (nSPS) is 10.5. The van der Waals surface area contributed by atoms with Gasteiger partial charge in [-0.05, 0) is 124 Å². The zero-order valence-corrected chi connectivity index (χ0v) is 34.0. The average molecular weight is 841 g/mol. The molecule has 7 aromatic carbocycles. The lowest BCUT2D eigenvalue weighted by atomic mass is 10.0. The highest BCUT2D eigenvalue weighted by atomic mass is 16.6. The van der Waals surface area contributed by atoms with Crippen molar-refractivity contribution in [3.8, 4) is 67.9 Å². The van der Waals surface area contributed by atoms with Crippen LogP contribution in [0.3, 0.4) is 0 Å². The van der Waals surface area contributed by atoms with E-state index in [0.29, 0.717) is 17.2 Å². The highest BCUT2D eigenvalue weighted by Gasteiger charge is 2.21. The number of benzene rings is 7. The molecule has 0 bridgehead atoms. The molecule has 12 heteroatoms. The number of rotatable bonds is 12. The number of ether oxygens (including phenoxy) is 6. The van der Waals surface area contributed by atoms with Gasteiger partial charge in [0.2, 0.25) is 0 Å². The van der Waals surface area contributed by atoms with Gasteiger partial charge in [0.1, 0.15) is 34.5 Å². The van der Waals surface area contributed by atoms with Gasteiger partial charge in [0.05, 0.1) is 16.7 Å². The van der Waals surface area contributed by atoms with E-state index in [1.54, 1.807) is 146 Å². The third kappa shape index (κ3) is 11.4. The molecule has 0 aromatic heterocycles. The molecule has 0 saturated heterocycles. The van der Waals surface area contributed by atoms with Crippen LogP contribution in [-0.2, 0) is 14.4 Å². The van der Waals surface area contributed by atoms with Gasteiger partial charge < -0.3 is 28.4 Å². The predicted octanol–water partition coefficient (Wildman–Crippen LogP) is 10.1. The van der Waals surface area contributed by atoms with E-state index in [4.69, 9.17) is 28.4 Å². The van der Waals surface area contributed by atoms with Crippen LogP contribution >= 0.6 is 0 Å². The highest BCUT2D eigenvalue weighted by molar-refractivity contribution is 6.02. The van der Waals surface area contributed by atoms with E-state index >= 15 is 0 Å². The van der Waals surface area contributed by atoms with Crippen LogP contribution in [0.5, 0.6) is 34.5 Å². The Morgan fingerprint density at radius 2 is 0.413 bits per heavy atom. The standard InChI is InChI=1S/C51H36O12/c1-31(52)58-43-16-4-34(5-17-43)37-10-22-46(23-11-37)61-49(55)40-28-41(50(56)62-47-24-12-38(13-25-47)35-6-18-44(19-7-35)59-32(2)53)30-42(29-40)51(57)63-48-26-14-39(15-27-48)36-8-20-45(21-9-36)60-33(3)54/h4-30H,1-3H3. The first-order valence-corrected chi connectivity index (χ1v) is 19.3. The number of carbonyl (C=O) groups is 6. The Morgan fingerprint density at radius 3 is 0.571 bits per heavy atom. The molecule has 0 aliphatic carbocycles. The molecule has 0 aliphatic heterocycles. The van der Waals surface area contributed by atoms with Crippen molar-refractivity contribution < 1.29 is 57.2 Å².